The second-order valence-corrected chi connectivity index (χ2v) is 4.78. The molecular weight excluding hydrogens is 292 g/mol. The topological polar surface area (TPSA) is 108 Å². The van der Waals surface area contributed by atoms with E-state index in [0.717, 1.165) is 0 Å². The molecule has 2 aromatic rings. The summed E-state index contributed by atoms with van der Waals surface area (Å²) in [6, 6.07) is 4.54. The molecule has 1 aromatic carbocycles. The number of nitrogens with zero attached hydrogens (tertiary/aromatic N) is 3. The van der Waals surface area contributed by atoms with Crippen molar-refractivity contribution in [2.24, 2.45) is 5.73 Å². The maximum Gasteiger partial charge on any atom is 0.276 e. The van der Waals surface area contributed by atoms with Gasteiger partial charge in [-0.05, 0) is 6.07 Å². The Morgan fingerprint density at radius 2 is 2.26 bits per heavy atom. The SMILES string of the molecule is NCc1nnc(SCc2c(Cl)cccc2[N+](=O)[O-])o1. The molecule has 0 aliphatic heterocycles. The minimum atomic E-state index is -0.471. The van der Waals surface area contributed by atoms with Crippen LogP contribution in [0.15, 0.2) is 27.8 Å². The van der Waals surface area contributed by atoms with Gasteiger partial charge in [0.15, 0.2) is 0 Å². The largest absolute Gasteiger partial charge is 0.415 e. The van der Waals surface area contributed by atoms with Gasteiger partial charge in [0.2, 0.25) is 5.89 Å². The minimum absolute atomic E-state index is 0.0291. The molecule has 0 fully saturated rings. The highest BCUT2D eigenvalue weighted by Gasteiger charge is 2.17. The van der Waals surface area contributed by atoms with Crippen molar-refractivity contribution in [1.29, 1.82) is 0 Å². The molecule has 0 amide bonds. The van der Waals surface area contributed by atoms with Crippen LogP contribution in [0.2, 0.25) is 5.02 Å². The van der Waals surface area contributed by atoms with Gasteiger partial charge in [0.25, 0.3) is 10.9 Å². The first kappa shape index (κ1) is 13.8. The highest BCUT2D eigenvalue weighted by Crippen LogP contribution is 2.32. The molecule has 1 heterocycles. The normalized spacial score (nSPS) is 10.6. The number of nitro benzene ring substituents is 1. The van der Waals surface area contributed by atoms with Crippen molar-refractivity contribution in [2.75, 3.05) is 0 Å². The summed E-state index contributed by atoms with van der Waals surface area (Å²) in [7, 11) is 0. The van der Waals surface area contributed by atoms with Crippen LogP contribution in [0.25, 0.3) is 0 Å². The Morgan fingerprint density at radius 1 is 1.47 bits per heavy atom. The lowest BCUT2D eigenvalue weighted by Crippen LogP contribution is -1.95. The Kier molecular flexibility index (Phi) is 4.35. The fourth-order valence-corrected chi connectivity index (χ4v) is 2.51. The van der Waals surface area contributed by atoms with E-state index in [1.807, 2.05) is 0 Å². The molecule has 0 radical (unpaired) electrons. The number of aromatic nitrogens is 2. The van der Waals surface area contributed by atoms with Gasteiger partial charge in [0.1, 0.15) is 0 Å². The Balaban J connectivity index is 2.17. The number of thioether (sulfide) groups is 1. The Morgan fingerprint density at radius 3 is 2.89 bits per heavy atom. The molecule has 0 aliphatic rings. The lowest BCUT2D eigenvalue weighted by atomic mass is 10.2. The molecule has 9 heteroatoms. The molecular formula is C10H9ClN4O3S. The third kappa shape index (κ3) is 3.22. The third-order valence-corrected chi connectivity index (χ3v) is 3.45. The monoisotopic (exact) mass is 300 g/mol. The fraction of sp³-hybridized carbons (Fsp3) is 0.200. The van der Waals surface area contributed by atoms with E-state index in [1.54, 1.807) is 6.07 Å². The van der Waals surface area contributed by atoms with Gasteiger partial charge in [-0.1, -0.05) is 29.4 Å². The van der Waals surface area contributed by atoms with Crippen LogP contribution in [0.3, 0.4) is 0 Å². The molecule has 0 aliphatic carbocycles. The summed E-state index contributed by atoms with van der Waals surface area (Å²) in [6.07, 6.45) is 0. The van der Waals surface area contributed by atoms with Gasteiger partial charge in [-0.15, -0.1) is 10.2 Å². The van der Waals surface area contributed by atoms with Crippen molar-refractivity contribution in [3.05, 3.63) is 44.8 Å². The molecule has 2 N–H and O–H groups in total. The molecule has 0 saturated heterocycles. The van der Waals surface area contributed by atoms with Gasteiger partial charge in [0.05, 0.1) is 22.1 Å². The molecule has 0 atom stereocenters. The predicted octanol–water partition coefficient (Wildman–Crippen LogP) is 2.38. The van der Waals surface area contributed by atoms with E-state index in [0.29, 0.717) is 21.7 Å². The minimum Gasteiger partial charge on any atom is -0.415 e. The molecule has 2 rings (SSSR count). The Bertz CT molecular complexity index is 604. The van der Waals surface area contributed by atoms with Crippen LogP contribution in [0, 0.1) is 10.1 Å². The lowest BCUT2D eigenvalue weighted by molar-refractivity contribution is -0.385. The van der Waals surface area contributed by atoms with Gasteiger partial charge in [-0.25, -0.2) is 0 Å². The average Bonchev–Trinajstić information content (AvgIpc) is 2.85. The van der Waals surface area contributed by atoms with E-state index < -0.39 is 4.92 Å². The van der Waals surface area contributed by atoms with Crippen LogP contribution in [0.1, 0.15) is 11.5 Å². The quantitative estimate of drug-likeness (QED) is 0.513. The van der Waals surface area contributed by atoms with Crippen LogP contribution in [-0.4, -0.2) is 15.1 Å². The van der Waals surface area contributed by atoms with Gasteiger partial charge in [0, 0.05) is 11.8 Å². The zero-order chi connectivity index (χ0) is 13.8. The number of rotatable bonds is 5. The van der Waals surface area contributed by atoms with E-state index in [1.165, 1.54) is 23.9 Å². The maximum absolute atomic E-state index is 10.9. The summed E-state index contributed by atoms with van der Waals surface area (Å²) < 4.78 is 5.20. The number of benzene rings is 1. The Labute approximate surface area is 117 Å². The second-order valence-electron chi connectivity index (χ2n) is 3.45. The summed E-state index contributed by atoms with van der Waals surface area (Å²) in [5, 5.41) is 19.0. The molecule has 1 aromatic heterocycles. The van der Waals surface area contributed by atoms with Crippen LogP contribution in [-0.2, 0) is 12.3 Å². The first-order chi connectivity index (χ1) is 9.11. The number of hydrogen-bond donors (Lipinski definition) is 1. The maximum atomic E-state index is 10.9. The average molecular weight is 301 g/mol. The lowest BCUT2D eigenvalue weighted by Gasteiger charge is -2.03. The molecule has 7 nitrogen and oxygen atoms in total. The zero-order valence-electron chi connectivity index (χ0n) is 9.58. The van der Waals surface area contributed by atoms with Crippen LogP contribution >= 0.6 is 23.4 Å². The molecule has 19 heavy (non-hydrogen) atoms. The number of halogens is 1. The summed E-state index contributed by atoms with van der Waals surface area (Å²) in [5.41, 5.74) is 5.74. The highest BCUT2D eigenvalue weighted by atomic mass is 35.5. The highest BCUT2D eigenvalue weighted by molar-refractivity contribution is 7.98. The molecule has 0 bridgehead atoms. The third-order valence-electron chi connectivity index (χ3n) is 2.25. The van der Waals surface area contributed by atoms with Crippen molar-refractivity contribution in [1.82, 2.24) is 10.2 Å². The van der Waals surface area contributed by atoms with E-state index in [9.17, 15) is 10.1 Å². The number of hydrogen-bond acceptors (Lipinski definition) is 7. The molecule has 0 saturated carbocycles. The first-order valence-corrected chi connectivity index (χ1v) is 6.55. The van der Waals surface area contributed by atoms with Gasteiger partial charge >= 0.3 is 0 Å². The summed E-state index contributed by atoms with van der Waals surface area (Å²) >= 11 is 7.14. The molecule has 100 valence electrons. The van der Waals surface area contributed by atoms with Gasteiger partial charge in [-0.3, -0.25) is 10.1 Å². The van der Waals surface area contributed by atoms with E-state index >= 15 is 0 Å². The first-order valence-electron chi connectivity index (χ1n) is 5.19. The second kappa shape index (κ2) is 6.00. The molecule has 0 spiro atoms. The summed E-state index contributed by atoms with van der Waals surface area (Å²) in [5.74, 6) is 0.582. The van der Waals surface area contributed by atoms with E-state index in [2.05, 4.69) is 10.2 Å². The van der Waals surface area contributed by atoms with Crippen molar-refractivity contribution < 1.29 is 9.34 Å². The Hall–Kier alpha value is -1.64. The van der Waals surface area contributed by atoms with Gasteiger partial charge < -0.3 is 10.2 Å². The van der Waals surface area contributed by atoms with Gasteiger partial charge in [-0.2, -0.15) is 0 Å². The van der Waals surface area contributed by atoms with E-state index in [4.69, 9.17) is 21.8 Å². The van der Waals surface area contributed by atoms with Crippen LogP contribution < -0.4 is 5.73 Å². The van der Waals surface area contributed by atoms with Crippen LogP contribution in [0.5, 0.6) is 0 Å². The summed E-state index contributed by atoms with van der Waals surface area (Å²) in [4.78, 5) is 10.4. The standard InChI is InChI=1S/C10H9ClN4O3S/c11-7-2-1-3-8(15(16)17)6(7)5-19-10-14-13-9(4-12)18-10/h1-3H,4-5,12H2. The van der Waals surface area contributed by atoms with Crippen molar-refractivity contribution in [2.45, 2.75) is 17.5 Å². The molecule has 0 unspecified atom stereocenters. The van der Waals surface area contributed by atoms with E-state index in [-0.39, 0.29) is 18.0 Å². The number of nitro groups is 1. The fourth-order valence-electron chi connectivity index (χ4n) is 1.37. The predicted molar refractivity (Wildman–Crippen MR) is 69.9 cm³/mol. The van der Waals surface area contributed by atoms with Crippen molar-refractivity contribution >= 4 is 29.1 Å². The van der Waals surface area contributed by atoms with Crippen molar-refractivity contribution in [3.63, 3.8) is 0 Å². The zero-order valence-corrected chi connectivity index (χ0v) is 11.1. The summed E-state index contributed by atoms with van der Waals surface area (Å²) in [6.45, 7) is 0.153. The smallest absolute Gasteiger partial charge is 0.276 e. The van der Waals surface area contributed by atoms with Crippen LogP contribution in [0.4, 0.5) is 5.69 Å². The number of nitrogens with two attached hydrogens (primary N) is 1. The van der Waals surface area contributed by atoms with Crippen molar-refractivity contribution in [3.8, 4) is 0 Å².